The monoisotopic (exact) mass is 301 g/mol. The summed E-state index contributed by atoms with van der Waals surface area (Å²) in [5.41, 5.74) is 8.58. The van der Waals surface area contributed by atoms with E-state index < -0.39 is 0 Å². The van der Waals surface area contributed by atoms with Gasteiger partial charge in [-0.15, -0.1) is 11.8 Å². The molecule has 1 atom stereocenters. The van der Waals surface area contributed by atoms with Gasteiger partial charge in [0.25, 0.3) is 0 Å². The number of hydrogen-bond acceptors (Lipinski definition) is 3. The summed E-state index contributed by atoms with van der Waals surface area (Å²) in [6.07, 6.45) is 0.188. The highest BCUT2D eigenvalue weighted by Crippen LogP contribution is 2.25. The van der Waals surface area contributed by atoms with Crippen molar-refractivity contribution in [2.45, 2.75) is 37.8 Å². The van der Waals surface area contributed by atoms with Crippen molar-refractivity contribution < 1.29 is 4.74 Å². The van der Waals surface area contributed by atoms with Gasteiger partial charge < -0.3 is 10.5 Å². The maximum Gasteiger partial charge on any atom is 0.119 e. The third kappa shape index (κ3) is 4.51. The molecular weight excluding hydrogens is 278 g/mol. The van der Waals surface area contributed by atoms with E-state index in [0.717, 1.165) is 22.6 Å². The van der Waals surface area contributed by atoms with Crippen LogP contribution in [0.2, 0.25) is 0 Å². The van der Waals surface area contributed by atoms with Crippen LogP contribution in [0.5, 0.6) is 5.75 Å². The first kappa shape index (κ1) is 15.9. The van der Waals surface area contributed by atoms with Gasteiger partial charge in [-0.2, -0.15) is 0 Å². The van der Waals surface area contributed by atoms with E-state index in [1.807, 2.05) is 49.9 Å². The van der Waals surface area contributed by atoms with E-state index in [1.165, 1.54) is 4.90 Å². The van der Waals surface area contributed by atoms with Gasteiger partial charge in [-0.25, -0.2) is 0 Å². The molecule has 2 N–H and O–H groups in total. The van der Waals surface area contributed by atoms with Gasteiger partial charge in [-0.1, -0.05) is 31.2 Å². The van der Waals surface area contributed by atoms with Crippen molar-refractivity contribution in [2.75, 3.05) is 5.75 Å². The predicted molar refractivity (Wildman–Crippen MR) is 91.1 cm³/mol. The van der Waals surface area contributed by atoms with Crippen LogP contribution in [-0.2, 0) is 0 Å². The molecule has 21 heavy (non-hydrogen) atoms. The van der Waals surface area contributed by atoms with E-state index in [1.54, 1.807) is 0 Å². The molecule has 0 aliphatic heterocycles. The zero-order chi connectivity index (χ0) is 15.2. The molecule has 2 rings (SSSR count). The molecule has 112 valence electrons. The van der Waals surface area contributed by atoms with E-state index in [2.05, 4.69) is 31.2 Å². The Morgan fingerprint density at radius 3 is 1.95 bits per heavy atom. The van der Waals surface area contributed by atoms with E-state index in [4.69, 9.17) is 10.5 Å². The minimum absolute atomic E-state index is 0.0984. The van der Waals surface area contributed by atoms with Gasteiger partial charge in [0.15, 0.2) is 0 Å². The van der Waals surface area contributed by atoms with Gasteiger partial charge in [-0.05, 0) is 55.0 Å². The molecular formula is C18H23NOS. The van der Waals surface area contributed by atoms with Gasteiger partial charge in [-0.3, -0.25) is 0 Å². The van der Waals surface area contributed by atoms with E-state index >= 15 is 0 Å². The molecule has 1 unspecified atom stereocenters. The predicted octanol–water partition coefficient (Wildman–Crippen LogP) is 4.63. The van der Waals surface area contributed by atoms with Gasteiger partial charge >= 0.3 is 0 Å². The molecule has 0 spiro atoms. The standard InChI is InChI=1S/C18H23NOS/c1-4-21-17-11-7-15(8-12-17)18(19)14-5-9-16(10-6-14)20-13(2)3/h5-13,18H,4,19H2,1-3H3. The summed E-state index contributed by atoms with van der Waals surface area (Å²) in [5, 5.41) is 0. The fraction of sp³-hybridized carbons (Fsp3) is 0.333. The third-order valence-corrected chi connectivity index (χ3v) is 4.06. The Balaban J connectivity index is 2.09. The molecule has 0 saturated carbocycles. The van der Waals surface area contributed by atoms with Crippen LogP contribution in [0, 0.1) is 0 Å². The first-order valence-corrected chi connectivity index (χ1v) is 8.33. The first-order chi connectivity index (χ1) is 10.1. The summed E-state index contributed by atoms with van der Waals surface area (Å²) in [4.78, 5) is 1.29. The maximum atomic E-state index is 6.34. The van der Waals surface area contributed by atoms with Crippen molar-refractivity contribution in [3.05, 3.63) is 59.7 Å². The highest BCUT2D eigenvalue weighted by Gasteiger charge is 2.09. The molecule has 2 nitrogen and oxygen atoms in total. The summed E-state index contributed by atoms with van der Waals surface area (Å²) >= 11 is 1.84. The van der Waals surface area contributed by atoms with E-state index in [-0.39, 0.29) is 12.1 Å². The lowest BCUT2D eigenvalue weighted by molar-refractivity contribution is 0.242. The zero-order valence-electron chi connectivity index (χ0n) is 12.9. The lowest BCUT2D eigenvalue weighted by Gasteiger charge is -2.15. The molecule has 3 heteroatoms. The molecule has 0 aliphatic rings. The summed E-state index contributed by atoms with van der Waals surface area (Å²) in [6, 6.07) is 16.4. The lowest BCUT2D eigenvalue weighted by atomic mass is 10.00. The van der Waals surface area contributed by atoms with Crippen LogP contribution in [-0.4, -0.2) is 11.9 Å². The minimum Gasteiger partial charge on any atom is -0.491 e. The topological polar surface area (TPSA) is 35.2 Å². The van der Waals surface area contributed by atoms with Crippen LogP contribution >= 0.6 is 11.8 Å². The summed E-state index contributed by atoms with van der Waals surface area (Å²) in [7, 11) is 0. The smallest absolute Gasteiger partial charge is 0.119 e. The summed E-state index contributed by atoms with van der Waals surface area (Å²) in [6.45, 7) is 6.20. The highest BCUT2D eigenvalue weighted by molar-refractivity contribution is 7.99. The molecule has 2 aromatic carbocycles. The fourth-order valence-corrected chi connectivity index (χ4v) is 2.82. The van der Waals surface area contributed by atoms with E-state index in [9.17, 15) is 0 Å². The largest absolute Gasteiger partial charge is 0.491 e. The van der Waals surface area contributed by atoms with Gasteiger partial charge in [0.2, 0.25) is 0 Å². The second-order valence-electron chi connectivity index (χ2n) is 5.22. The van der Waals surface area contributed by atoms with Crippen LogP contribution in [0.3, 0.4) is 0 Å². The third-order valence-electron chi connectivity index (χ3n) is 3.16. The Kier molecular flexibility index (Phi) is 5.71. The highest BCUT2D eigenvalue weighted by atomic mass is 32.2. The molecule has 0 radical (unpaired) electrons. The number of rotatable bonds is 6. The Morgan fingerprint density at radius 2 is 1.48 bits per heavy atom. The van der Waals surface area contributed by atoms with Crippen molar-refractivity contribution in [1.29, 1.82) is 0 Å². The Bertz CT molecular complexity index is 548. The number of thioether (sulfide) groups is 1. The average molecular weight is 301 g/mol. The van der Waals surface area contributed by atoms with Gasteiger partial charge in [0.1, 0.15) is 5.75 Å². The number of hydrogen-bond donors (Lipinski definition) is 1. The second-order valence-corrected chi connectivity index (χ2v) is 6.55. The Labute approximate surface area is 131 Å². The van der Waals surface area contributed by atoms with Crippen molar-refractivity contribution in [3.63, 3.8) is 0 Å². The van der Waals surface area contributed by atoms with Crippen molar-refractivity contribution in [3.8, 4) is 5.75 Å². The van der Waals surface area contributed by atoms with Crippen LogP contribution in [0.25, 0.3) is 0 Å². The number of benzene rings is 2. The quantitative estimate of drug-likeness (QED) is 0.790. The van der Waals surface area contributed by atoms with Crippen LogP contribution in [0.15, 0.2) is 53.4 Å². The number of ether oxygens (including phenoxy) is 1. The normalized spacial score (nSPS) is 12.4. The SMILES string of the molecule is CCSc1ccc(C(N)c2ccc(OC(C)C)cc2)cc1. The Hall–Kier alpha value is -1.45. The maximum absolute atomic E-state index is 6.34. The number of nitrogens with two attached hydrogens (primary N) is 1. The zero-order valence-corrected chi connectivity index (χ0v) is 13.7. The summed E-state index contributed by atoms with van der Waals surface area (Å²) in [5.74, 6) is 1.97. The Morgan fingerprint density at radius 1 is 0.952 bits per heavy atom. The van der Waals surface area contributed by atoms with Crippen molar-refractivity contribution in [1.82, 2.24) is 0 Å². The lowest BCUT2D eigenvalue weighted by Crippen LogP contribution is -2.12. The van der Waals surface area contributed by atoms with E-state index in [0.29, 0.717) is 0 Å². The summed E-state index contributed by atoms with van der Waals surface area (Å²) < 4.78 is 5.65. The molecule has 0 heterocycles. The van der Waals surface area contributed by atoms with Gasteiger partial charge in [0, 0.05) is 4.90 Å². The molecule has 0 fully saturated rings. The van der Waals surface area contributed by atoms with Crippen molar-refractivity contribution >= 4 is 11.8 Å². The minimum atomic E-state index is -0.0984. The van der Waals surface area contributed by atoms with Crippen LogP contribution < -0.4 is 10.5 Å². The van der Waals surface area contributed by atoms with Crippen molar-refractivity contribution in [2.24, 2.45) is 5.73 Å². The first-order valence-electron chi connectivity index (χ1n) is 7.35. The van der Waals surface area contributed by atoms with Crippen LogP contribution in [0.1, 0.15) is 37.9 Å². The molecule has 0 aromatic heterocycles. The van der Waals surface area contributed by atoms with Crippen LogP contribution in [0.4, 0.5) is 0 Å². The second kappa shape index (κ2) is 7.53. The molecule has 2 aromatic rings. The molecule has 0 bridgehead atoms. The average Bonchev–Trinajstić information content (AvgIpc) is 2.48. The molecule has 0 saturated heterocycles. The molecule has 0 aliphatic carbocycles. The fourth-order valence-electron chi connectivity index (χ4n) is 2.16. The van der Waals surface area contributed by atoms with Gasteiger partial charge in [0.05, 0.1) is 12.1 Å². The molecule has 0 amide bonds.